The third-order valence-corrected chi connectivity index (χ3v) is 3.80. The zero-order chi connectivity index (χ0) is 14.9. The topological polar surface area (TPSA) is 35.6 Å². The van der Waals surface area contributed by atoms with Crippen molar-refractivity contribution in [2.24, 2.45) is 0 Å². The molecule has 0 aromatic heterocycles. The van der Waals surface area contributed by atoms with E-state index in [1.54, 1.807) is 4.90 Å². The molecule has 0 radical (unpaired) electrons. The van der Waals surface area contributed by atoms with Crippen molar-refractivity contribution >= 4 is 23.3 Å². The standard InChI is InChI=1S/C13H16ClF2N3O/c1-18(2)9-3-4-19(7-9)13(20)17-11-6-8(15)5-10(16)12(11)14/h5-6,9H,3-4,7H2,1-2H3,(H,17,20)/t9-/m0/s1. The monoisotopic (exact) mass is 303 g/mol. The van der Waals surface area contributed by atoms with Crippen molar-refractivity contribution in [2.45, 2.75) is 12.5 Å². The van der Waals surface area contributed by atoms with Crippen LogP contribution < -0.4 is 5.32 Å². The van der Waals surface area contributed by atoms with Crippen LogP contribution in [0.2, 0.25) is 5.02 Å². The summed E-state index contributed by atoms with van der Waals surface area (Å²) < 4.78 is 26.4. The normalized spacial score (nSPS) is 18.7. The molecule has 1 atom stereocenters. The van der Waals surface area contributed by atoms with Crippen LogP contribution in [-0.2, 0) is 0 Å². The van der Waals surface area contributed by atoms with Crippen molar-refractivity contribution in [1.82, 2.24) is 9.80 Å². The molecule has 7 heteroatoms. The van der Waals surface area contributed by atoms with E-state index < -0.39 is 17.7 Å². The summed E-state index contributed by atoms with van der Waals surface area (Å²) in [6, 6.07) is 1.57. The minimum absolute atomic E-state index is 0.0533. The summed E-state index contributed by atoms with van der Waals surface area (Å²) >= 11 is 5.71. The molecule has 0 bridgehead atoms. The number of hydrogen-bond donors (Lipinski definition) is 1. The van der Waals surface area contributed by atoms with Crippen molar-refractivity contribution in [1.29, 1.82) is 0 Å². The summed E-state index contributed by atoms with van der Waals surface area (Å²) in [6.07, 6.45) is 0.867. The van der Waals surface area contributed by atoms with Gasteiger partial charge in [0.1, 0.15) is 16.7 Å². The van der Waals surface area contributed by atoms with Gasteiger partial charge in [0, 0.05) is 25.2 Å². The Morgan fingerprint density at radius 2 is 2.15 bits per heavy atom. The summed E-state index contributed by atoms with van der Waals surface area (Å²) in [7, 11) is 3.90. The molecule has 2 rings (SSSR count). The lowest BCUT2D eigenvalue weighted by Gasteiger charge is -2.21. The minimum Gasteiger partial charge on any atom is -0.323 e. The highest BCUT2D eigenvalue weighted by Gasteiger charge is 2.28. The summed E-state index contributed by atoms with van der Waals surface area (Å²) in [6.45, 7) is 1.18. The molecule has 1 heterocycles. The molecule has 4 nitrogen and oxygen atoms in total. The average molecular weight is 304 g/mol. The number of carbonyl (C=O) groups is 1. The van der Waals surface area contributed by atoms with Crippen LogP contribution in [0.3, 0.4) is 0 Å². The average Bonchev–Trinajstić information content (AvgIpc) is 2.85. The summed E-state index contributed by atoms with van der Waals surface area (Å²) in [5.74, 6) is -1.68. The molecule has 20 heavy (non-hydrogen) atoms. The van der Waals surface area contributed by atoms with Crippen LogP contribution in [0.25, 0.3) is 0 Å². The lowest BCUT2D eigenvalue weighted by Crippen LogP contribution is -2.36. The largest absolute Gasteiger partial charge is 0.323 e. The summed E-state index contributed by atoms with van der Waals surface area (Å²) in [5, 5.41) is 2.16. The van der Waals surface area contributed by atoms with E-state index >= 15 is 0 Å². The van der Waals surface area contributed by atoms with Gasteiger partial charge in [0.05, 0.1) is 5.69 Å². The SMILES string of the molecule is CN(C)[C@H]1CCN(C(=O)Nc2cc(F)cc(F)c2Cl)C1. The van der Waals surface area contributed by atoms with Crippen molar-refractivity contribution in [3.8, 4) is 0 Å². The first-order chi connectivity index (χ1) is 9.38. The number of halogens is 3. The van der Waals surface area contributed by atoms with Crippen molar-refractivity contribution in [3.05, 3.63) is 28.8 Å². The number of amides is 2. The molecule has 0 unspecified atom stereocenters. The lowest BCUT2D eigenvalue weighted by molar-refractivity contribution is 0.216. The van der Waals surface area contributed by atoms with Crippen molar-refractivity contribution < 1.29 is 13.6 Å². The number of urea groups is 1. The highest BCUT2D eigenvalue weighted by atomic mass is 35.5. The minimum atomic E-state index is -0.894. The Kier molecular flexibility index (Phi) is 4.45. The van der Waals surface area contributed by atoms with E-state index in [1.165, 1.54) is 0 Å². The first kappa shape index (κ1) is 15.0. The van der Waals surface area contributed by atoms with Gasteiger partial charge in [-0.2, -0.15) is 0 Å². The molecular formula is C13H16ClF2N3O. The Labute approximate surface area is 121 Å². The number of likely N-dealkylation sites (N-methyl/N-ethyl adjacent to an activating group) is 1. The second kappa shape index (κ2) is 5.93. The van der Waals surface area contributed by atoms with E-state index in [1.807, 2.05) is 19.0 Å². The number of carbonyl (C=O) groups excluding carboxylic acids is 1. The van der Waals surface area contributed by atoms with Gasteiger partial charge in [0.25, 0.3) is 0 Å². The van der Waals surface area contributed by atoms with Crippen LogP contribution in [0.15, 0.2) is 12.1 Å². The fourth-order valence-electron chi connectivity index (χ4n) is 2.19. The predicted octanol–water partition coefficient (Wildman–Crippen LogP) is 2.79. The van der Waals surface area contributed by atoms with Crippen LogP contribution >= 0.6 is 11.6 Å². The first-order valence-corrected chi connectivity index (χ1v) is 6.63. The number of benzene rings is 1. The van der Waals surface area contributed by atoms with E-state index in [9.17, 15) is 13.6 Å². The predicted molar refractivity (Wildman–Crippen MR) is 74.1 cm³/mol. The zero-order valence-electron chi connectivity index (χ0n) is 11.3. The number of likely N-dealkylation sites (tertiary alicyclic amines) is 1. The van der Waals surface area contributed by atoms with E-state index in [0.717, 1.165) is 12.5 Å². The van der Waals surface area contributed by atoms with Gasteiger partial charge in [-0.05, 0) is 26.6 Å². The van der Waals surface area contributed by atoms with Crippen molar-refractivity contribution in [2.75, 3.05) is 32.5 Å². The molecule has 0 saturated carbocycles. The lowest BCUT2D eigenvalue weighted by atomic mass is 10.2. The molecule has 0 aliphatic carbocycles. The van der Waals surface area contributed by atoms with Crippen LogP contribution in [0.1, 0.15) is 6.42 Å². The van der Waals surface area contributed by atoms with Crippen LogP contribution in [0, 0.1) is 11.6 Å². The Hall–Kier alpha value is -1.40. The first-order valence-electron chi connectivity index (χ1n) is 6.25. The number of nitrogens with one attached hydrogen (secondary N) is 1. The number of hydrogen-bond acceptors (Lipinski definition) is 2. The Morgan fingerprint density at radius 1 is 1.45 bits per heavy atom. The molecule has 1 N–H and O–H groups in total. The second-order valence-electron chi connectivity index (χ2n) is 5.03. The fraction of sp³-hybridized carbons (Fsp3) is 0.462. The highest BCUT2D eigenvalue weighted by Crippen LogP contribution is 2.27. The van der Waals surface area contributed by atoms with Crippen LogP contribution in [0.5, 0.6) is 0 Å². The smallest absolute Gasteiger partial charge is 0.321 e. The molecule has 1 saturated heterocycles. The third kappa shape index (κ3) is 3.19. The maximum atomic E-state index is 13.3. The Morgan fingerprint density at radius 3 is 2.75 bits per heavy atom. The molecule has 0 spiro atoms. The van der Waals surface area contributed by atoms with E-state index in [0.29, 0.717) is 25.2 Å². The highest BCUT2D eigenvalue weighted by molar-refractivity contribution is 6.33. The molecule has 110 valence electrons. The second-order valence-corrected chi connectivity index (χ2v) is 5.41. The number of rotatable bonds is 2. The third-order valence-electron chi connectivity index (χ3n) is 3.42. The quantitative estimate of drug-likeness (QED) is 0.853. The van der Waals surface area contributed by atoms with Gasteiger partial charge < -0.3 is 15.1 Å². The molecule has 1 aromatic rings. The van der Waals surface area contributed by atoms with Gasteiger partial charge in [0.15, 0.2) is 0 Å². The van der Waals surface area contributed by atoms with Gasteiger partial charge in [0.2, 0.25) is 0 Å². The van der Waals surface area contributed by atoms with Crippen LogP contribution in [-0.4, -0.2) is 49.1 Å². The van der Waals surface area contributed by atoms with Gasteiger partial charge in [-0.1, -0.05) is 11.6 Å². The van der Waals surface area contributed by atoms with Crippen LogP contribution in [0.4, 0.5) is 19.3 Å². The molecule has 1 aliphatic heterocycles. The van der Waals surface area contributed by atoms with E-state index in [-0.39, 0.29) is 10.7 Å². The van der Waals surface area contributed by atoms with E-state index in [2.05, 4.69) is 5.32 Å². The molecule has 2 amide bonds. The zero-order valence-corrected chi connectivity index (χ0v) is 12.0. The number of nitrogens with zero attached hydrogens (tertiary/aromatic N) is 2. The van der Waals surface area contributed by atoms with Gasteiger partial charge in [-0.25, -0.2) is 13.6 Å². The molecule has 1 fully saturated rings. The summed E-state index contributed by atoms with van der Waals surface area (Å²) in [4.78, 5) is 15.7. The molecule has 1 aromatic carbocycles. The maximum Gasteiger partial charge on any atom is 0.321 e. The fourth-order valence-corrected chi connectivity index (χ4v) is 2.35. The number of anilines is 1. The summed E-state index contributed by atoms with van der Waals surface area (Å²) in [5.41, 5.74) is -0.0533. The maximum absolute atomic E-state index is 13.3. The molecular weight excluding hydrogens is 288 g/mol. The van der Waals surface area contributed by atoms with Crippen molar-refractivity contribution in [3.63, 3.8) is 0 Å². The van der Waals surface area contributed by atoms with Gasteiger partial charge in [-0.15, -0.1) is 0 Å². The Balaban J connectivity index is 2.06. The Bertz CT molecular complexity index is 525. The van der Waals surface area contributed by atoms with Gasteiger partial charge in [-0.3, -0.25) is 0 Å². The molecule has 1 aliphatic rings. The van der Waals surface area contributed by atoms with E-state index in [4.69, 9.17) is 11.6 Å². The van der Waals surface area contributed by atoms with Gasteiger partial charge >= 0.3 is 6.03 Å².